The van der Waals surface area contributed by atoms with Crippen molar-refractivity contribution < 1.29 is 13.5 Å². The summed E-state index contributed by atoms with van der Waals surface area (Å²) in [6, 6.07) is 0. The first kappa shape index (κ1) is 8.38. The minimum atomic E-state index is -2.48. The van der Waals surface area contributed by atoms with E-state index in [-0.39, 0.29) is 13.0 Å². The van der Waals surface area contributed by atoms with Gasteiger partial charge in [0.1, 0.15) is 0 Å². The van der Waals surface area contributed by atoms with Crippen LogP contribution in [0.4, 0.5) is 8.78 Å². The van der Waals surface area contributed by atoms with Crippen LogP contribution in [0.15, 0.2) is 0 Å². The molecule has 0 aromatic carbocycles. The quantitative estimate of drug-likeness (QED) is 0.546. The third kappa shape index (κ3) is 1.13. The van der Waals surface area contributed by atoms with Gasteiger partial charge in [-0.15, -0.1) is 0 Å². The Morgan fingerprint density at radius 2 is 2.08 bits per heavy atom. The molecule has 2 nitrogen and oxygen atoms in total. The average Bonchev–Trinajstić information content (AvgIpc) is 2.52. The largest absolute Gasteiger partial charge is 0.379 e. The first-order valence-corrected chi connectivity index (χ1v) is 4.20. The van der Waals surface area contributed by atoms with Gasteiger partial charge < -0.3 is 9.64 Å². The first-order chi connectivity index (χ1) is 5.56. The fraction of sp³-hybridized carbons (Fsp3) is 1.00. The highest BCUT2D eigenvalue weighted by Crippen LogP contribution is 2.61. The normalized spacial score (nSPS) is 41.2. The van der Waals surface area contributed by atoms with Gasteiger partial charge in [0, 0.05) is 19.5 Å². The van der Waals surface area contributed by atoms with Crippen molar-refractivity contribution in [2.24, 2.45) is 5.41 Å². The van der Waals surface area contributed by atoms with Gasteiger partial charge in [-0.25, -0.2) is 8.78 Å². The second-order valence-electron chi connectivity index (χ2n) is 3.95. The highest BCUT2D eigenvalue weighted by atomic mass is 19.3. The van der Waals surface area contributed by atoms with Gasteiger partial charge in [0.05, 0.1) is 18.6 Å². The Morgan fingerprint density at radius 1 is 1.42 bits per heavy atom. The van der Waals surface area contributed by atoms with Crippen LogP contribution in [0.3, 0.4) is 0 Å². The van der Waals surface area contributed by atoms with Crippen LogP contribution < -0.4 is 0 Å². The van der Waals surface area contributed by atoms with Gasteiger partial charge in [-0.3, -0.25) is 0 Å². The number of alkyl halides is 2. The van der Waals surface area contributed by atoms with Crippen molar-refractivity contribution in [1.29, 1.82) is 0 Å². The number of nitrogens with zero attached hydrogens (tertiary/aromatic N) is 1. The summed E-state index contributed by atoms with van der Waals surface area (Å²) >= 11 is 0. The second kappa shape index (κ2) is 2.39. The lowest BCUT2D eigenvalue weighted by Gasteiger charge is -2.17. The molecule has 0 radical (unpaired) electrons. The van der Waals surface area contributed by atoms with Crippen LogP contribution in [0.1, 0.15) is 6.42 Å². The van der Waals surface area contributed by atoms with Crippen LogP contribution in [0.25, 0.3) is 0 Å². The molecule has 1 aliphatic carbocycles. The maximum Gasteiger partial charge on any atom is 0.258 e. The maximum absolute atomic E-state index is 12.9. The van der Waals surface area contributed by atoms with Crippen LogP contribution in [-0.2, 0) is 4.74 Å². The molecule has 2 aliphatic rings. The molecule has 1 saturated carbocycles. The van der Waals surface area contributed by atoms with Crippen molar-refractivity contribution in [2.45, 2.75) is 12.3 Å². The van der Waals surface area contributed by atoms with E-state index < -0.39 is 11.3 Å². The summed E-state index contributed by atoms with van der Waals surface area (Å²) in [6.07, 6.45) is 0.00431. The summed E-state index contributed by atoms with van der Waals surface area (Å²) in [7, 11) is 1.87. The number of rotatable bonds is 0. The van der Waals surface area contributed by atoms with Crippen molar-refractivity contribution >= 4 is 0 Å². The average molecular weight is 177 g/mol. The molecule has 1 atom stereocenters. The molecule has 2 fully saturated rings. The zero-order valence-electron chi connectivity index (χ0n) is 7.15. The molecule has 1 aliphatic heterocycles. The van der Waals surface area contributed by atoms with Crippen LogP contribution in [0.5, 0.6) is 0 Å². The molecule has 1 spiro atoms. The molecule has 4 heteroatoms. The first-order valence-electron chi connectivity index (χ1n) is 4.20. The van der Waals surface area contributed by atoms with Crippen molar-refractivity contribution in [3.05, 3.63) is 0 Å². The lowest BCUT2D eigenvalue weighted by Crippen LogP contribution is -2.30. The molecular formula is C8H13F2NO. The number of hydrogen-bond donors (Lipinski definition) is 0. The molecule has 1 unspecified atom stereocenters. The van der Waals surface area contributed by atoms with Gasteiger partial charge in [0.25, 0.3) is 5.92 Å². The van der Waals surface area contributed by atoms with Gasteiger partial charge in [0.2, 0.25) is 0 Å². The summed E-state index contributed by atoms with van der Waals surface area (Å²) in [5, 5.41) is 0. The summed E-state index contributed by atoms with van der Waals surface area (Å²) in [5.41, 5.74) is -0.849. The van der Waals surface area contributed by atoms with Crippen LogP contribution in [0, 0.1) is 5.41 Å². The molecule has 0 aromatic rings. The summed E-state index contributed by atoms with van der Waals surface area (Å²) in [5.74, 6) is -2.48. The zero-order chi connectivity index (χ0) is 8.82. The van der Waals surface area contributed by atoms with Crippen molar-refractivity contribution in [2.75, 3.05) is 33.4 Å². The minimum absolute atomic E-state index is 0.00431. The topological polar surface area (TPSA) is 12.5 Å². The molecule has 12 heavy (non-hydrogen) atoms. The molecule has 70 valence electrons. The van der Waals surface area contributed by atoms with E-state index in [1.807, 2.05) is 11.9 Å². The van der Waals surface area contributed by atoms with E-state index in [1.54, 1.807) is 0 Å². The van der Waals surface area contributed by atoms with Gasteiger partial charge >= 0.3 is 0 Å². The van der Waals surface area contributed by atoms with Crippen molar-refractivity contribution in [3.8, 4) is 0 Å². The Kier molecular flexibility index (Phi) is 1.67. The molecular weight excluding hydrogens is 164 g/mol. The number of hydrogen-bond acceptors (Lipinski definition) is 2. The van der Waals surface area contributed by atoms with Crippen LogP contribution in [-0.4, -0.2) is 44.2 Å². The standard InChI is InChI=1S/C8H13F2NO/c1-11-2-3-12-6-7(5-11)4-8(7,9)10/h2-6H2,1H3. The number of halogens is 2. The Morgan fingerprint density at radius 3 is 2.67 bits per heavy atom. The van der Waals surface area contributed by atoms with E-state index in [2.05, 4.69) is 0 Å². The third-order valence-electron chi connectivity index (χ3n) is 2.78. The minimum Gasteiger partial charge on any atom is -0.379 e. The zero-order valence-corrected chi connectivity index (χ0v) is 7.15. The predicted molar refractivity (Wildman–Crippen MR) is 40.3 cm³/mol. The monoisotopic (exact) mass is 177 g/mol. The van der Waals surface area contributed by atoms with E-state index in [9.17, 15) is 8.78 Å². The van der Waals surface area contributed by atoms with Crippen molar-refractivity contribution in [1.82, 2.24) is 4.90 Å². The molecule has 2 rings (SSSR count). The Balaban J connectivity index is 2.07. The maximum atomic E-state index is 12.9. The smallest absolute Gasteiger partial charge is 0.258 e. The lowest BCUT2D eigenvalue weighted by atomic mass is 10.1. The van der Waals surface area contributed by atoms with Crippen LogP contribution >= 0.6 is 0 Å². The van der Waals surface area contributed by atoms with Gasteiger partial charge in [-0.1, -0.05) is 0 Å². The highest BCUT2D eigenvalue weighted by Gasteiger charge is 2.71. The SMILES string of the molecule is CN1CCOCC2(C1)CC2(F)F. The molecule has 0 bridgehead atoms. The molecule has 0 aromatic heterocycles. The van der Waals surface area contributed by atoms with E-state index in [1.165, 1.54) is 0 Å². The molecule has 0 amide bonds. The molecule has 0 N–H and O–H groups in total. The predicted octanol–water partition coefficient (Wildman–Crippen LogP) is 0.974. The fourth-order valence-electron chi connectivity index (χ4n) is 1.84. The van der Waals surface area contributed by atoms with Gasteiger partial charge in [-0.05, 0) is 7.05 Å². The van der Waals surface area contributed by atoms with E-state index in [0.29, 0.717) is 13.2 Å². The van der Waals surface area contributed by atoms with Gasteiger partial charge in [0.15, 0.2) is 0 Å². The molecule has 1 saturated heterocycles. The fourth-order valence-corrected chi connectivity index (χ4v) is 1.84. The highest BCUT2D eigenvalue weighted by molar-refractivity contribution is 5.11. The number of ether oxygens (including phenoxy) is 1. The summed E-state index contributed by atoms with van der Waals surface area (Å²) < 4.78 is 31.0. The Bertz CT molecular complexity index is 197. The Labute approximate surface area is 70.5 Å². The van der Waals surface area contributed by atoms with E-state index in [0.717, 1.165) is 6.54 Å². The summed E-state index contributed by atoms with van der Waals surface area (Å²) in [4.78, 5) is 1.92. The van der Waals surface area contributed by atoms with Crippen LogP contribution in [0.2, 0.25) is 0 Å². The molecule has 1 heterocycles. The van der Waals surface area contributed by atoms with Crippen molar-refractivity contribution in [3.63, 3.8) is 0 Å². The summed E-state index contributed by atoms with van der Waals surface area (Å²) in [6.45, 7) is 2.04. The lowest BCUT2D eigenvalue weighted by molar-refractivity contribution is 0.0200. The van der Waals surface area contributed by atoms with E-state index >= 15 is 0 Å². The Hall–Kier alpha value is -0.220. The number of likely N-dealkylation sites (N-methyl/N-ethyl adjacent to an activating group) is 1. The second-order valence-corrected chi connectivity index (χ2v) is 3.95. The third-order valence-corrected chi connectivity index (χ3v) is 2.78. The van der Waals surface area contributed by atoms with E-state index in [4.69, 9.17) is 4.74 Å². The van der Waals surface area contributed by atoms with Gasteiger partial charge in [-0.2, -0.15) is 0 Å².